The molecule has 0 amide bonds. The second-order valence-corrected chi connectivity index (χ2v) is 7.46. The molecule has 0 spiro atoms. The maximum absolute atomic E-state index is 11.9. The molecule has 20 heavy (non-hydrogen) atoms. The smallest absolute Gasteiger partial charge is 0.209 e. The normalized spacial score (nSPS) is 26.9. The third kappa shape index (κ3) is 3.32. The van der Waals surface area contributed by atoms with Crippen molar-refractivity contribution in [2.24, 2.45) is 0 Å². The van der Waals surface area contributed by atoms with Gasteiger partial charge >= 0.3 is 0 Å². The van der Waals surface area contributed by atoms with E-state index < -0.39 is 21.7 Å². The van der Waals surface area contributed by atoms with Crippen LogP contribution in [0.2, 0.25) is 5.02 Å². The van der Waals surface area contributed by atoms with Crippen molar-refractivity contribution in [2.45, 2.75) is 18.8 Å². The number of aliphatic hydroxyl groups excluding tert-OH is 1. The lowest BCUT2D eigenvalue weighted by atomic mass is 10.1. The van der Waals surface area contributed by atoms with E-state index in [2.05, 4.69) is 0 Å². The molecule has 0 unspecified atom stereocenters. The zero-order valence-electron chi connectivity index (χ0n) is 11.1. The average Bonchev–Trinajstić information content (AvgIpc) is 2.83. The van der Waals surface area contributed by atoms with Crippen molar-refractivity contribution in [3.63, 3.8) is 0 Å². The average molecular weight is 321 g/mol. The second kappa shape index (κ2) is 5.99. The summed E-state index contributed by atoms with van der Waals surface area (Å²) in [6, 6.07) is 6.65. The molecule has 1 aromatic carbocycles. The maximum Gasteiger partial charge on any atom is 0.209 e. The molecule has 7 heteroatoms. The highest BCUT2D eigenvalue weighted by molar-refractivity contribution is 7.91. The molecule has 2 atom stereocenters. The number of benzene rings is 1. The molecule has 1 heterocycles. The predicted octanol–water partition coefficient (Wildman–Crippen LogP) is 1.34. The largest absolute Gasteiger partial charge is 0.394 e. The maximum atomic E-state index is 11.9. The predicted molar refractivity (Wildman–Crippen MR) is 75.4 cm³/mol. The van der Waals surface area contributed by atoms with Crippen LogP contribution < -0.4 is 0 Å². The molecule has 1 saturated heterocycles. The van der Waals surface area contributed by atoms with Gasteiger partial charge in [0.15, 0.2) is 9.84 Å². The number of ether oxygens (including phenoxy) is 2. The summed E-state index contributed by atoms with van der Waals surface area (Å²) in [6.07, 6.45) is -0.530. The Bertz CT molecular complexity index is 557. The van der Waals surface area contributed by atoms with Crippen molar-refractivity contribution in [3.05, 3.63) is 34.9 Å². The fourth-order valence-corrected chi connectivity index (χ4v) is 3.29. The summed E-state index contributed by atoms with van der Waals surface area (Å²) in [7, 11) is -3.32. The van der Waals surface area contributed by atoms with Crippen LogP contribution in [0.5, 0.6) is 0 Å². The lowest BCUT2D eigenvalue weighted by molar-refractivity contribution is -0.162. The van der Waals surface area contributed by atoms with Crippen LogP contribution in [-0.2, 0) is 25.1 Å². The van der Waals surface area contributed by atoms with E-state index in [0.717, 1.165) is 0 Å². The molecule has 2 rings (SSSR count). The van der Waals surface area contributed by atoms with Crippen molar-refractivity contribution < 1.29 is 23.0 Å². The minimum atomic E-state index is -3.32. The van der Waals surface area contributed by atoms with Gasteiger partial charge in [0.05, 0.1) is 13.2 Å². The Labute approximate surface area is 123 Å². The quantitative estimate of drug-likeness (QED) is 0.886. The first-order valence-corrected chi connectivity index (χ1v) is 8.50. The Kier molecular flexibility index (Phi) is 4.71. The highest BCUT2D eigenvalue weighted by Gasteiger charge is 2.46. The summed E-state index contributed by atoms with van der Waals surface area (Å²) in [5, 5.41) is 9.71. The number of hydrogen-bond donors (Lipinski definition) is 1. The van der Waals surface area contributed by atoms with Gasteiger partial charge in [-0.2, -0.15) is 0 Å². The first-order chi connectivity index (χ1) is 9.41. The van der Waals surface area contributed by atoms with E-state index in [9.17, 15) is 8.42 Å². The van der Waals surface area contributed by atoms with E-state index in [1.54, 1.807) is 31.2 Å². The summed E-state index contributed by atoms with van der Waals surface area (Å²) in [6.45, 7) is 1.50. The molecule has 0 aromatic heterocycles. The van der Waals surface area contributed by atoms with Crippen LogP contribution in [0.1, 0.15) is 12.5 Å². The van der Waals surface area contributed by atoms with Crippen LogP contribution >= 0.6 is 11.6 Å². The molecule has 1 aliphatic heterocycles. The van der Waals surface area contributed by atoms with Gasteiger partial charge in [-0.05, 0) is 12.1 Å². The Morgan fingerprint density at radius 1 is 1.40 bits per heavy atom. The van der Waals surface area contributed by atoms with Crippen molar-refractivity contribution in [2.75, 3.05) is 24.7 Å². The number of halogens is 1. The fraction of sp³-hybridized carbons (Fsp3) is 0.538. The van der Waals surface area contributed by atoms with Crippen LogP contribution in [0.15, 0.2) is 24.3 Å². The number of sulfone groups is 1. The van der Waals surface area contributed by atoms with Crippen LogP contribution in [0, 0.1) is 0 Å². The standard InChI is InChI=1S/C13H17ClO5S/c1-2-20(16,17)9-13(18-8-12(7-15)19-13)10-3-5-11(14)6-4-10/h3-6,12,15H,2,7-9H2,1H3/t12-,13-/m0/s1. The van der Waals surface area contributed by atoms with Gasteiger partial charge in [0, 0.05) is 16.3 Å². The van der Waals surface area contributed by atoms with Gasteiger partial charge in [-0.3, -0.25) is 0 Å². The van der Waals surface area contributed by atoms with Crippen LogP contribution in [-0.4, -0.2) is 44.3 Å². The van der Waals surface area contributed by atoms with Gasteiger partial charge in [-0.25, -0.2) is 8.42 Å². The minimum Gasteiger partial charge on any atom is -0.394 e. The molecule has 0 saturated carbocycles. The Morgan fingerprint density at radius 3 is 2.55 bits per heavy atom. The van der Waals surface area contributed by atoms with E-state index in [-0.39, 0.29) is 24.7 Å². The first kappa shape index (κ1) is 15.7. The van der Waals surface area contributed by atoms with E-state index in [4.69, 9.17) is 26.2 Å². The zero-order chi connectivity index (χ0) is 14.8. The summed E-state index contributed by atoms with van der Waals surface area (Å²) >= 11 is 5.84. The van der Waals surface area contributed by atoms with Gasteiger partial charge in [0.1, 0.15) is 11.9 Å². The van der Waals surface area contributed by atoms with E-state index >= 15 is 0 Å². The number of hydrogen-bond acceptors (Lipinski definition) is 5. The number of aliphatic hydroxyl groups is 1. The van der Waals surface area contributed by atoms with E-state index in [0.29, 0.717) is 10.6 Å². The van der Waals surface area contributed by atoms with E-state index in [1.165, 1.54) is 0 Å². The van der Waals surface area contributed by atoms with Gasteiger partial charge < -0.3 is 14.6 Å². The Morgan fingerprint density at radius 2 is 2.05 bits per heavy atom. The Hall–Kier alpha value is -0.660. The first-order valence-electron chi connectivity index (χ1n) is 6.30. The van der Waals surface area contributed by atoms with Gasteiger partial charge in [-0.1, -0.05) is 30.7 Å². The summed E-state index contributed by atoms with van der Waals surface area (Å²) in [4.78, 5) is 0. The number of rotatable bonds is 5. The molecule has 0 bridgehead atoms. The van der Waals surface area contributed by atoms with Crippen LogP contribution in [0.25, 0.3) is 0 Å². The van der Waals surface area contributed by atoms with Crippen molar-refractivity contribution >= 4 is 21.4 Å². The topological polar surface area (TPSA) is 72.8 Å². The summed E-state index contributed by atoms with van der Waals surface area (Å²) < 4.78 is 35.2. The molecule has 5 nitrogen and oxygen atoms in total. The van der Waals surface area contributed by atoms with Gasteiger partial charge in [0.25, 0.3) is 0 Å². The fourth-order valence-electron chi connectivity index (χ4n) is 2.06. The highest BCUT2D eigenvalue weighted by Crippen LogP contribution is 2.36. The molecular formula is C13H17ClO5S. The molecule has 1 N–H and O–H groups in total. The van der Waals surface area contributed by atoms with Gasteiger partial charge in [-0.15, -0.1) is 0 Å². The third-order valence-corrected chi connectivity index (χ3v) is 5.15. The monoisotopic (exact) mass is 320 g/mol. The van der Waals surface area contributed by atoms with Crippen molar-refractivity contribution in [1.82, 2.24) is 0 Å². The van der Waals surface area contributed by atoms with Crippen molar-refractivity contribution in [3.8, 4) is 0 Å². The third-order valence-electron chi connectivity index (χ3n) is 3.20. The van der Waals surface area contributed by atoms with Crippen LogP contribution in [0.3, 0.4) is 0 Å². The molecule has 0 radical (unpaired) electrons. The zero-order valence-corrected chi connectivity index (χ0v) is 12.7. The molecule has 1 fully saturated rings. The summed E-state index contributed by atoms with van der Waals surface area (Å²) in [5.74, 6) is -1.65. The molecule has 1 aliphatic rings. The molecule has 0 aliphatic carbocycles. The SMILES string of the molecule is CCS(=O)(=O)C[C@]1(c2ccc(Cl)cc2)OC[C@H](CO)O1. The van der Waals surface area contributed by atoms with Gasteiger partial charge in [0.2, 0.25) is 5.79 Å². The Balaban J connectivity index is 2.37. The highest BCUT2D eigenvalue weighted by atomic mass is 35.5. The lowest BCUT2D eigenvalue weighted by Gasteiger charge is -2.28. The van der Waals surface area contributed by atoms with Crippen LogP contribution in [0.4, 0.5) is 0 Å². The second-order valence-electron chi connectivity index (χ2n) is 4.67. The molecule has 1 aromatic rings. The minimum absolute atomic E-state index is 0.00114. The summed E-state index contributed by atoms with van der Waals surface area (Å²) in [5.41, 5.74) is 0.579. The van der Waals surface area contributed by atoms with Crippen molar-refractivity contribution in [1.29, 1.82) is 0 Å². The molecular weight excluding hydrogens is 304 g/mol. The lowest BCUT2D eigenvalue weighted by Crippen LogP contribution is -2.37. The van der Waals surface area contributed by atoms with E-state index in [1.807, 2.05) is 0 Å². The molecule has 112 valence electrons.